The molecular formula is C35H48N10O6. The Labute approximate surface area is 297 Å². The quantitative estimate of drug-likeness (QED) is 0.272. The Kier molecular flexibility index (Phi) is 12.8. The van der Waals surface area contributed by atoms with Crippen LogP contribution in [0.5, 0.6) is 0 Å². The number of rotatable bonds is 6. The van der Waals surface area contributed by atoms with Gasteiger partial charge in [0.2, 0.25) is 29.5 Å². The zero-order chi connectivity index (χ0) is 37.4. The van der Waals surface area contributed by atoms with Gasteiger partial charge in [-0.3, -0.25) is 33.4 Å². The molecule has 0 fully saturated rings. The van der Waals surface area contributed by atoms with Gasteiger partial charge < -0.3 is 26.2 Å². The number of carbonyl (C=O) groups excluding carboxylic acids is 6. The lowest BCUT2D eigenvalue weighted by atomic mass is 10.0. The molecule has 0 radical (unpaired) electrons. The van der Waals surface area contributed by atoms with Crippen molar-refractivity contribution in [1.29, 1.82) is 0 Å². The number of aryl methyl sites for hydroxylation is 1. The van der Waals surface area contributed by atoms with E-state index in [0.29, 0.717) is 41.4 Å². The largest absolute Gasteiger partial charge is 0.354 e. The number of fused-ring (bicyclic) bond motifs is 1. The number of nitrogens with one attached hydrogen (secondary N) is 4. The van der Waals surface area contributed by atoms with Crippen molar-refractivity contribution >= 4 is 35.3 Å². The average molecular weight is 705 g/mol. The van der Waals surface area contributed by atoms with Crippen molar-refractivity contribution in [1.82, 2.24) is 50.7 Å². The second-order valence-corrected chi connectivity index (χ2v) is 13.3. The number of Topliss-reactive ketones (excluding diaryl/α,β-unsaturated/α-hetero) is 1. The number of hydrogen-bond acceptors (Lipinski definition) is 9. The molecule has 3 aromatic rings. The maximum atomic E-state index is 13.6. The van der Waals surface area contributed by atoms with Crippen LogP contribution in [0, 0.1) is 19.8 Å². The van der Waals surface area contributed by atoms with Crippen molar-refractivity contribution in [3.8, 4) is 11.4 Å². The van der Waals surface area contributed by atoms with E-state index in [9.17, 15) is 28.8 Å². The summed E-state index contributed by atoms with van der Waals surface area (Å²) in [6.07, 6.45) is 0.620. The maximum Gasteiger partial charge on any atom is 0.244 e. The Hall–Kier alpha value is -5.41. The van der Waals surface area contributed by atoms with Gasteiger partial charge in [0.05, 0.1) is 23.8 Å². The Morgan fingerprint density at radius 2 is 1.61 bits per heavy atom. The topological polar surface area (TPSA) is 202 Å². The third-order valence-corrected chi connectivity index (χ3v) is 8.52. The number of nitrogens with zero attached hydrogens (tertiary/aromatic N) is 6. The number of ketones is 1. The second-order valence-electron chi connectivity index (χ2n) is 13.3. The fourth-order valence-electron chi connectivity index (χ4n) is 5.97. The summed E-state index contributed by atoms with van der Waals surface area (Å²) in [6.45, 7) is 11.4. The minimum atomic E-state index is -1.03. The molecule has 3 heterocycles. The molecule has 4 N–H and O–H groups in total. The molecule has 0 unspecified atom stereocenters. The van der Waals surface area contributed by atoms with Crippen LogP contribution >= 0.6 is 0 Å². The normalized spacial score (nSPS) is 19.9. The highest BCUT2D eigenvalue weighted by atomic mass is 16.2. The Morgan fingerprint density at radius 3 is 2.25 bits per heavy atom. The van der Waals surface area contributed by atoms with Gasteiger partial charge in [0.15, 0.2) is 11.6 Å². The average Bonchev–Trinajstić information content (AvgIpc) is 3.60. The first-order valence-corrected chi connectivity index (χ1v) is 17.1. The lowest BCUT2D eigenvalue weighted by molar-refractivity contribution is -0.138. The third kappa shape index (κ3) is 10.1. The van der Waals surface area contributed by atoms with Crippen LogP contribution in [0.4, 0.5) is 0 Å². The van der Waals surface area contributed by atoms with Crippen molar-refractivity contribution < 1.29 is 28.8 Å². The van der Waals surface area contributed by atoms with E-state index in [1.165, 1.54) is 28.1 Å². The van der Waals surface area contributed by atoms with Gasteiger partial charge in [0, 0.05) is 24.3 Å². The Morgan fingerprint density at radius 1 is 0.902 bits per heavy atom. The summed E-state index contributed by atoms with van der Waals surface area (Å²) in [4.78, 5) is 84.9. The van der Waals surface area contributed by atoms with Crippen LogP contribution in [-0.2, 0) is 37.1 Å². The number of benzene rings is 1. The van der Waals surface area contributed by atoms with Crippen LogP contribution in [0.1, 0.15) is 81.1 Å². The summed E-state index contributed by atoms with van der Waals surface area (Å²) in [5.41, 5.74) is 2.19. The molecule has 1 aliphatic rings. The molecule has 16 heteroatoms. The molecule has 0 saturated carbocycles. The van der Waals surface area contributed by atoms with E-state index in [0.717, 1.165) is 5.56 Å². The molecule has 2 aromatic heterocycles. The van der Waals surface area contributed by atoms with E-state index in [-0.39, 0.29) is 50.3 Å². The van der Waals surface area contributed by atoms with Crippen LogP contribution in [0.2, 0.25) is 0 Å². The van der Waals surface area contributed by atoms with Gasteiger partial charge in [0.25, 0.3) is 0 Å². The van der Waals surface area contributed by atoms with E-state index >= 15 is 0 Å². The highest BCUT2D eigenvalue weighted by Crippen LogP contribution is 2.20. The number of carbonyl (C=O) groups is 6. The fraction of sp³-hybridized carbons (Fsp3) is 0.514. The molecule has 3 atom stereocenters. The monoisotopic (exact) mass is 704 g/mol. The van der Waals surface area contributed by atoms with Gasteiger partial charge in [-0.15, -0.1) is 0 Å². The Bertz CT molecular complexity index is 1770. The van der Waals surface area contributed by atoms with E-state index in [1.807, 2.05) is 44.2 Å². The number of aromatic nitrogens is 5. The molecule has 1 aliphatic heterocycles. The van der Waals surface area contributed by atoms with E-state index in [4.69, 9.17) is 0 Å². The number of amides is 5. The summed E-state index contributed by atoms with van der Waals surface area (Å²) < 4.78 is 2.87. The zero-order valence-electron chi connectivity index (χ0n) is 30.3. The maximum absolute atomic E-state index is 13.6. The first-order valence-electron chi connectivity index (χ1n) is 17.1. The lowest BCUT2D eigenvalue weighted by Gasteiger charge is -2.25. The van der Waals surface area contributed by atoms with Crippen LogP contribution in [0.15, 0.2) is 30.3 Å². The molecule has 4 rings (SSSR count). The minimum absolute atomic E-state index is 0.0354. The smallest absolute Gasteiger partial charge is 0.244 e. The van der Waals surface area contributed by atoms with Gasteiger partial charge in [-0.05, 0) is 53.4 Å². The molecule has 5 amide bonds. The van der Waals surface area contributed by atoms with Crippen molar-refractivity contribution in [2.24, 2.45) is 5.92 Å². The zero-order valence-corrected chi connectivity index (χ0v) is 30.3. The van der Waals surface area contributed by atoms with Gasteiger partial charge >= 0.3 is 0 Å². The van der Waals surface area contributed by atoms with Crippen LogP contribution in [0.25, 0.3) is 11.4 Å². The molecule has 16 nitrogen and oxygen atoms in total. The fourth-order valence-corrected chi connectivity index (χ4v) is 5.97. The predicted molar refractivity (Wildman–Crippen MR) is 187 cm³/mol. The predicted octanol–water partition coefficient (Wildman–Crippen LogP) is 1.22. The first-order chi connectivity index (χ1) is 24.1. The van der Waals surface area contributed by atoms with Crippen molar-refractivity contribution in [3.05, 3.63) is 53.1 Å². The van der Waals surface area contributed by atoms with Gasteiger partial charge in [-0.25, -0.2) is 9.67 Å². The second kappa shape index (κ2) is 17.0. The Balaban J connectivity index is 1.62. The van der Waals surface area contributed by atoms with Crippen LogP contribution in [0.3, 0.4) is 0 Å². The summed E-state index contributed by atoms with van der Waals surface area (Å²) in [6, 6.07) is 6.60. The SMILES string of the molecule is CC(=O)c1c(C)nn(CC(=O)N2CCCNC(=O)Cn3nc(-c4ccccc4)nc3[C@H](C)NC(=O)[C@@H](CC(C)C)NC(=O)[C@@H](C)NC(=O)C2)c1C. The number of hydrogen-bond donors (Lipinski definition) is 4. The van der Waals surface area contributed by atoms with Crippen LogP contribution < -0.4 is 21.3 Å². The van der Waals surface area contributed by atoms with E-state index < -0.39 is 41.8 Å². The molecule has 1 aromatic carbocycles. The van der Waals surface area contributed by atoms with Gasteiger partial charge in [0.1, 0.15) is 31.0 Å². The summed E-state index contributed by atoms with van der Waals surface area (Å²) in [7, 11) is 0. The molecule has 0 spiro atoms. The lowest BCUT2D eigenvalue weighted by Crippen LogP contribution is -2.54. The molecule has 0 aliphatic carbocycles. The van der Waals surface area contributed by atoms with E-state index in [1.54, 1.807) is 20.8 Å². The molecule has 274 valence electrons. The highest BCUT2D eigenvalue weighted by Gasteiger charge is 2.29. The summed E-state index contributed by atoms with van der Waals surface area (Å²) in [5, 5.41) is 20.1. The van der Waals surface area contributed by atoms with E-state index in [2.05, 4.69) is 36.4 Å². The molecule has 0 saturated heterocycles. The summed E-state index contributed by atoms with van der Waals surface area (Å²) in [5.74, 6) is -1.84. The van der Waals surface area contributed by atoms with Gasteiger partial charge in [-0.1, -0.05) is 44.2 Å². The molecule has 51 heavy (non-hydrogen) atoms. The first kappa shape index (κ1) is 38.4. The van der Waals surface area contributed by atoms with Crippen molar-refractivity contribution in [3.63, 3.8) is 0 Å². The van der Waals surface area contributed by atoms with Gasteiger partial charge in [-0.2, -0.15) is 10.2 Å². The highest BCUT2D eigenvalue weighted by molar-refractivity contribution is 5.96. The van der Waals surface area contributed by atoms with Crippen molar-refractivity contribution in [2.75, 3.05) is 19.6 Å². The minimum Gasteiger partial charge on any atom is -0.354 e. The molecule has 0 bridgehead atoms. The molecular weight excluding hydrogens is 656 g/mol. The standard InChI is InChI=1S/C35H48N10O6/c1-20(2)16-27-35(51)38-22(4)33-40-32(26-12-9-8-10-13-26)42-45(33)18-28(47)36-14-11-15-43(17-29(48)37-23(5)34(50)39-27)30(49)19-44-24(6)31(25(7)46)21(3)41-44/h8-10,12-13,20,22-23,27H,11,14-19H2,1-7H3,(H,36,47)(H,37,48)(H,38,51)(H,39,50)/t22-,23+,27+/m0/s1. The van der Waals surface area contributed by atoms with Crippen LogP contribution in [-0.4, -0.2) is 96.5 Å². The van der Waals surface area contributed by atoms with Crippen molar-refractivity contribution in [2.45, 2.75) is 92.5 Å². The summed E-state index contributed by atoms with van der Waals surface area (Å²) >= 11 is 0. The third-order valence-electron chi connectivity index (χ3n) is 8.52.